The summed E-state index contributed by atoms with van der Waals surface area (Å²) in [7, 11) is -8.26. The van der Waals surface area contributed by atoms with Crippen LogP contribution in [0.25, 0.3) is 10.8 Å². The number of ether oxygens (including phenoxy) is 1. The van der Waals surface area contributed by atoms with Crippen molar-refractivity contribution in [3.05, 3.63) is 53.8 Å². The Morgan fingerprint density at radius 2 is 1.68 bits per heavy atom. The highest BCUT2D eigenvalue weighted by Crippen LogP contribution is 2.35. The number of benzene rings is 3. The largest absolute Gasteiger partial charge is 0.467 e. The van der Waals surface area contributed by atoms with E-state index in [0.29, 0.717) is 5.69 Å². The van der Waals surface area contributed by atoms with E-state index < -0.39 is 30.0 Å². The molecule has 0 fully saturated rings. The van der Waals surface area contributed by atoms with Gasteiger partial charge in [-0.25, -0.2) is 0 Å². The Morgan fingerprint density at radius 3 is 2.34 bits per heavy atom. The summed E-state index contributed by atoms with van der Waals surface area (Å²) in [4.78, 5) is 22.7. The normalized spacial score (nSPS) is 12.0. The van der Waals surface area contributed by atoms with Crippen LogP contribution < -0.4 is 15.4 Å². The van der Waals surface area contributed by atoms with Crippen molar-refractivity contribution in [2.24, 2.45) is 10.2 Å². The molecule has 41 heavy (non-hydrogen) atoms. The first-order valence-electron chi connectivity index (χ1n) is 11.4. The molecule has 0 saturated carbocycles. The molecule has 0 saturated heterocycles. The zero-order valence-electron chi connectivity index (χ0n) is 21.1. The third kappa shape index (κ3) is 7.08. The molecule has 4 rings (SSSR count). The molecule has 4 N–H and O–H groups in total. The maximum absolute atomic E-state index is 12.2. The Kier molecular flexibility index (Phi) is 8.45. The molecule has 1 heterocycles. The van der Waals surface area contributed by atoms with Crippen molar-refractivity contribution in [1.82, 2.24) is 15.0 Å². The number of aromatic nitrogens is 3. The molecule has 0 atom stereocenters. The van der Waals surface area contributed by atoms with Gasteiger partial charge in [-0.2, -0.15) is 36.9 Å². The van der Waals surface area contributed by atoms with Gasteiger partial charge in [-0.3, -0.25) is 13.9 Å². The number of halogens is 1. The fourth-order valence-corrected chi connectivity index (χ4v) is 5.14. The van der Waals surface area contributed by atoms with E-state index in [1.54, 1.807) is 13.0 Å². The fourth-order valence-electron chi connectivity index (χ4n) is 3.56. The maximum atomic E-state index is 12.2. The molecule has 1 aromatic heterocycles. The zero-order valence-corrected chi connectivity index (χ0v) is 23.5. The minimum atomic E-state index is -4.85. The van der Waals surface area contributed by atoms with E-state index in [-0.39, 0.29) is 57.4 Å². The lowest BCUT2D eigenvalue weighted by Gasteiger charge is -2.11. The Morgan fingerprint density at radius 1 is 0.951 bits per heavy atom. The Hall–Kier alpha value is -4.29. The number of methoxy groups -OCH3 is 1. The Labute approximate surface area is 238 Å². The van der Waals surface area contributed by atoms with Gasteiger partial charge < -0.3 is 15.4 Å². The van der Waals surface area contributed by atoms with Gasteiger partial charge in [0, 0.05) is 22.9 Å². The van der Waals surface area contributed by atoms with Crippen LogP contribution >= 0.6 is 11.6 Å². The van der Waals surface area contributed by atoms with Crippen LogP contribution in [-0.2, 0) is 25.0 Å². The summed E-state index contributed by atoms with van der Waals surface area (Å²) in [6.45, 7) is 1.64. The van der Waals surface area contributed by atoms with E-state index in [2.05, 4.69) is 35.8 Å². The number of fused-ring (bicyclic) bond motifs is 1. The fraction of sp³-hybridized carbons (Fsp3) is 0.130. The minimum Gasteiger partial charge on any atom is -0.467 e. The van der Waals surface area contributed by atoms with Gasteiger partial charge in [-0.1, -0.05) is 19.1 Å². The smallest absolute Gasteiger partial charge is 0.322 e. The summed E-state index contributed by atoms with van der Waals surface area (Å²) < 4.78 is 72.3. The minimum absolute atomic E-state index is 0.0331. The monoisotopic (exact) mass is 621 g/mol. The highest BCUT2D eigenvalue weighted by molar-refractivity contribution is 7.86. The number of nitrogens with zero attached hydrogens (tertiary/aromatic N) is 5. The van der Waals surface area contributed by atoms with Gasteiger partial charge in [0.1, 0.15) is 15.5 Å². The van der Waals surface area contributed by atoms with Gasteiger partial charge in [-0.05, 0) is 48.0 Å². The summed E-state index contributed by atoms with van der Waals surface area (Å²) in [5, 5.41) is 13.1. The number of carbonyl (C=O) groups is 1. The first kappa shape index (κ1) is 29.7. The average molecular weight is 622 g/mol. The van der Waals surface area contributed by atoms with Crippen molar-refractivity contribution in [3.63, 3.8) is 0 Å². The molecule has 0 unspecified atom stereocenters. The van der Waals surface area contributed by atoms with Crippen molar-refractivity contribution < 1.29 is 35.5 Å². The van der Waals surface area contributed by atoms with Crippen LogP contribution in [0, 0.1) is 0 Å². The van der Waals surface area contributed by atoms with Gasteiger partial charge in [0.15, 0.2) is 0 Å². The first-order valence-corrected chi connectivity index (χ1v) is 14.6. The maximum Gasteiger partial charge on any atom is 0.322 e. The van der Waals surface area contributed by atoms with Crippen molar-refractivity contribution in [2.75, 3.05) is 17.7 Å². The van der Waals surface area contributed by atoms with E-state index >= 15 is 0 Å². The molecule has 18 heteroatoms. The molecule has 1 amide bonds. The van der Waals surface area contributed by atoms with Crippen LogP contribution in [0.1, 0.15) is 13.3 Å². The van der Waals surface area contributed by atoms with E-state index in [1.165, 1.54) is 37.4 Å². The van der Waals surface area contributed by atoms with Crippen LogP contribution in [0.4, 0.5) is 28.7 Å². The lowest BCUT2D eigenvalue weighted by molar-refractivity contribution is -0.115. The molecule has 0 spiro atoms. The van der Waals surface area contributed by atoms with Crippen LogP contribution in [0.5, 0.6) is 6.01 Å². The van der Waals surface area contributed by atoms with E-state index in [4.69, 9.17) is 16.3 Å². The highest BCUT2D eigenvalue weighted by Gasteiger charge is 2.21. The topological polar surface area (TPSA) is 222 Å². The molecule has 4 aromatic rings. The molecule has 15 nitrogen and oxygen atoms in total. The van der Waals surface area contributed by atoms with Gasteiger partial charge in [0.2, 0.25) is 17.1 Å². The molecule has 214 valence electrons. The predicted octanol–water partition coefficient (Wildman–Crippen LogP) is 4.69. The lowest BCUT2D eigenvalue weighted by Crippen LogP contribution is -2.10. The van der Waals surface area contributed by atoms with Crippen LogP contribution in [0.3, 0.4) is 0 Å². The Balaban J connectivity index is 1.80. The molecule has 3 aromatic carbocycles. The second-order valence-corrected chi connectivity index (χ2v) is 11.2. The van der Waals surface area contributed by atoms with E-state index in [9.17, 15) is 30.7 Å². The summed E-state index contributed by atoms with van der Waals surface area (Å²) in [6, 6.07) is 10.1. The van der Waals surface area contributed by atoms with E-state index in [1.807, 2.05) is 0 Å². The molecule has 0 aliphatic heterocycles. The average Bonchev–Trinajstić information content (AvgIpc) is 2.90. The Bertz CT molecular complexity index is 1920. The predicted molar refractivity (Wildman–Crippen MR) is 148 cm³/mol. The summed E-state index contributed by atoms with van der Waals surface area (Å²) in [5.74, 6) is -0.312. The number of amides is 1. The number of hydrogen-bond donors (Lipinski definition) is 4. The zero-order chi connectivity index (χ0) is 29.9. The van der Waals surface area contributed by atoms with Gasteiger partial charge in [-0.15, -0.1) is 5.11 Å². The molecular weight excluding hydrogens is 602 g/mol. The third-order valence-electron chi connectivity index (χ3n) is 5.35. The van der Waals surface area contributed by atoms with Crippen molar-refractivity contribution in [3.8, 4) is 6.01 Å². The van der Waals surface area contributed by atoms with Gasteiger partial charge >= 0.3 is 6.01 Å². The molecule has 0 aliphatic rings. The van der Waals surface area contributed by atoms with E-state index in [0.717, 1.165) is 12.1 Å². The van der Waals surface area contributed by atoms with Gasteiger partial charge in [0.25, 0.3) is 20.2 Å². The quantitative estimate of drug-likeness (QED) is 0.148. The second kappa shape index (κ2) is 11.7. The number of hydrogen-bond acceptors (Lipinski definition) is 12. The third-order valence-corrected chi connectivity index (χ3v) is 7.32. The SMILES string of the molecule is CCC(=O)Nc1cc(Nc2nc(Cl)nc(OC)n2)ccc1N=Nc1cc(S(=O)(=O)O)c2cccc(S(=O)(=O)O)c2c1. The molecule has 0 aliphatic carbocycles. The number of anilines is 3. The number of nitrogens with one attached hydrogen (secondary N) is 2. The standard InChI is InChI=1S/C23H20ClN7O8S2/c1-3-20(32)26-17-10-12(25-22-27-21(24)28-23(29-22)39-2)7-8-16(17)31-30-13-9-15-14(19(11-13)41(36,37)38)5-4-6-18(15)40(33,34)35/h4-11H,3H2,1-2H3,(H,26,32)(H,33,34,35)(H,36,37,38)(H,25,27,28,29). The van der Waals surface area contributed by atoms with Crippen LogP contribution in [-0.4, -0.2) is 53.9 Å². The molecule has 0 radical (unpaired) electrons. The molecular formula is C23H20ClN7O8S2. The summed E-state index contributed by atoms with van der Waals surface area (Å²) in [6.07, 6.45) is 0.134. The van der Waals surface area contributed by atoms with Gasteiger partial charge in [0.05, 0.1) is 18.5 Å². The highest BCUT2D eigenvalue weighted by atomic mass is 35.5. The van der Waals surface area contributed by atoms with Crippen LogP contribution in [0.2, 0.25) is 5.28 Å². The number of rotatable bonds is 9. The van der Waals surface area contributed by atoms with Crippen molar-refractivity contribution in [2.45, 2.75) is 23.1 Å². The number of azo groups is 1. The van der Waals surface area contributed by atoms with Crippen LogP contribution in [0.15, 0.2) is 68.6 Å². The molecule has 0 bridgehead atoms. The summed E-state index contributed by atoms with van der Waals surface area (Å²) in [5.41, 5.74) is 0.535. The van der Waals surface area contributed by atoms with Crippen molar-refractivity contribution >= 4 is 77.2 Å². The second-order valence-electron chi connectivity index (χ2n) is 8.12. The first-order chi connectivity index (χ1) is 19.3. The van der Waals surface area contributed by atoms with Crippen molar-refractivity contribution in [1.29, 1.82) is 0 Å². The summed E-state index contributed by atoms with van der Waals surface area (Å²) >= 11 is 5.88. The number of carbonyl (C=O) groups excluding carboxylic acids is 1. The lowest BCUT2D eigenvalue weighted by atomic mass is 10.1.